The SMILES string of the molecule is NC1(CCCl)CCc2ccccc21. The molecule has 1 aliphatic carbocycles. The molecule has 1 aromatic carbocycles. The highest BCUT2D eigenvalue weighted by atomic mass is 35.5. The maximum Gasteiger partial charge on any atom is 0.0427 e. The molecule has 70 valence electrons. The van der Waals surface area contributed by atoms with E-state index in [2.05, 4.69) is 24.3 Å². The van der Waals surface area contributed by atoms with Gasteiger partial charge in [-0.15, -0.1) is 11.6 Å². The predicted octanol–water partition coefficient (Wildman–Crippen LogP) is 2.42. The van der Waals surface area contributed by atoms with Gasteiger partial charge in [-0.3, -0.25) is 0 Å². The Hall–Kier alpha value is -0.530. The van der Waals surface area contributed by atoms with E-state index in [1.807, 2.05) is 0 Å². The van der Waals surface area contributed by atoms with Crippen LogP contribution in [0.4, 0.5) is 0 Å². The van der Waals surface area contributed by atoms with Crippen LogP contribution in [0.3, 0.4) is 0 Å². The number of rotatable bonds is 2. The van der Waals surface area contributed by atoms with E-state index in [1.54, 1.807) is 0 Å². The van der Waals surface area contributed by atoms with Crippen molar-refractivity contribution in [3.63, 3.8) is 0 Å². The van der Waals surface area contributed by atoms with E-state index in [9.17, 15) is 0 Å². The number of benzene rings is 1. The summed E-state index contributed by atoms with van der Waals surface area (Å²) in [6.45, 7) is 0. The fraction of sp³-hybridized carbons (Fsp3) is 0.455. The Kier molecular flexibility index (Phi) is 2.31. The minimum Gasteiger partial charge on any atom is -0.321 e. The zero-order valence-corrected chi connectivity index (χ0v) is 8.35. The Morgan fingerprint density at radius 2 is 2.15 bits per heavy atom. The molecule has 0 bridgehead atoms. The molecular formula is C11H14ClN. The Labute approximate surface area is 83.9 Å². The van der Waals surface area contributed by atoms with Crippen LogP contribution < -0.4 is 5.73 Å². The molecule has 0 radical (unpaired) electrons. The van der Waals surface area contributed by atoms with E-state index in [4.69, 9.17) is 17.3 Å². The monoisotopic (exact) mass is 195 g/mol. The average molecular weight is 196 g/mol. The van der Waals surface area contributed by atoms with Crippen LogP contribution in [-0.2, 0) is 12.0 Å². The second-order valence-electron chi connectivity index (χ2n) is 3.75. The topological polar surface area (TPSA) is 26.0 Å². The van der Waals surface area contributed by atoms with E-state index >= 15 is 0 Å². The third-order valence-electron chi connectivity index (χ3n) is 2.93. The highest BCUT2D eigenvalue weighted by Crippen LogP contribution is 2.37. The van der Waals surface area contributed by atoms with Crippen LogP contribution in [-0.4, -0.2) is 5.88 Å². The lowest BCUT2D eigenvalue weighted by molar-refractivity contribution is 0.429. The Morgan fingerprint density at radius 1 is 1.38 bits per heavy atom. The van der Waals surface area contributed by atoms with Crippen LogP contribution in [0, 0.1) is 0 Å². The van der Waals surface area contributed by atoms with Crippen LogP contribution >= 0.6 is 11.6 Å². The standard InChI is InChI=1S/C11H14ClN/c12-8-7-11(13)6-5-9-3-1-2-4-10(9)11/h1-4H,5-8,13H2. The van der Waals surface area contributed by atoms with Crippen molar-refractivity contribution in [2.24, 2.45) is 5.73 Å². The molecule has 0 fully saturated rings. The van der Waals surface area contributed by atoms with Crippen LogP contribution in [0.25, 0.3) is 0 Å². The third-order valence-corrected chi connectivity index (χ3v) is 3.12. The first kappa shape index (κ1) is 9.04. The molecule has 0 spiro atoms. The zero-order valence-electron chi connectivity index (χ0n) is 7.59. The molecule has 0 saturated heterocycles. The van der Waals surface area contributed by atoms with Crippen LogP contribution in [0.1, 0.15) is 24.0 Å². The first-order chi connectivity index (χ1) is 6.26. The van der Waals surface area contributed by atoms with E-state index in [1.165, 1.54) is 11.1 Å². The summed E-state index contributed by atoms with van der Waals surface area (Å²) in [6, 6.07) is 8.43. The van der Waals surface area contributed by atoms with E-state index in [0.29, 0.717) is 5.88 Å². The van der Waals surface area contributed by atoms with Gasteiger partial charge < -0.3 is 5.73 Å². The van der Waals surface area contributed by atoms with Crippen molar-refractivity contribution >= 4 is 11.6 Å². The third kappa shape index (κ3) is 1.47. The fourth-order valence-electron chi connectivity index (χ4n) is 2.14. The number of halogens is 1. The smallest absolute Gasteiger partial charge is 0.0427 e. The van der Waals surface area contributed by atoms with Gasteiger partial charge in [0.15, 0.2) is 0 Å². The second kappa shape index (κ2) is 3.32. The molecule has 1 nitrogen and oxygen atoms in total. The average Bonchev–Trinajstić information content (AvgIpc) is 2.46. The van der Waals surface area contributed by atoms with Crippen molar-refractivity contribution in [3.05, 3.63) is 35.4 Å². The molecule has 0 heterocycles. The molecule has 2 rings (SSSR count). The Balaban J connectivity index is 2.37. The second-order valence-corrected chi connectivity index (χ2v) is 4.13. The fourth-order valence-corrected chi connectivity index (χ4v) is 2.48. The molecule has 0 amide bonds. The first-order valence-electron chi connectivity index (χ1n) is 4.69. The molecule has 1 aromatic rings. The maximum absolute atomic E-state index is 6.30. The van der Waals surface area contributed by atoms with Crippen molar-refractivity contribution in [1.82, 2.24) is 0 Å². The highest BCUT2D eigenvalue weighted by molar-refractivity contribution is 6.17. The van der Waals surface area contributed by atoms with Crippen LogP contribution in [0.15, 0.2) is 24.3 Å². The largest absolute Gasteiger partial charge is 0.321 e. The van der Waals surface area contributed by atoms with Crippen molar-refractivity contribution in [1.29, 1.82) is 0 Å². The summed E-state index contributed by atoms with van der Waals surface area (Å²) in [7, 11) is 0. The van der Waals surface area contributed by atoms with Crippen LogP contribution in [0.5, 0.6) is 0 Å². The zero-order chi connectivity index (χ0) is 9.31. The molecular weight excluding hydrogens is 182 g/mol. The minimum absolute atomic E-state index is 0.154. The number of hydrogen-bond donors (Lipinski definition) is 1. The van der Waals surface area contributed by atoms with Crippen molar-refractivity contribution in [2.45, 2.75) is 24.8 Å². The number of alkyl halides is 1. The number of aryl methyl sites for hydroxylation is 1. The summed E-state index contributed by atoms with van der Waals surface area (Å²) in [5.41, 5.74) is 8.84. The lowest BCUT2D eigenvalue weighted by Crippen LogP contribution is -2.34. The van der Waals surface area contributed by atoms with Gasteiger partial charge in [0.25, 0.3) is 0 Å². The van der Waals surface area contributed by atoms with Crippen molar-refractivity contribution in [2.75, 3.05) is 5.88 Å². The summed E-state index contributed by atoms with van der Waals surface area (Å²) in [6.07, 6.45) is 3.02. The Morgan fingerprint density at radius 3 is 2.92 bits per heavy atom. The summed E-state index contributed by atoms with van der Waals surface area (Å²) in [5.74, 6) is 0.644. The first-order valence-corrected chi connectivity index (χ1v) is 5.23. The van der Waals surface area contributed by atoms with Gasteiger partial charge in [-0.05, 0) is 30.4 Å². The van der Waals surface area contributed by atoms with Crippen molar-refractivity contribution in [3.8, 4) is 0 Å². The minimum atomic E-state index is -0.154. The molecule has 2 N–H and O–H groups in total. The predicted molar refractivity (Wildman–Crippen MR) is 56.0 cm³/mol. The van der Waals surface area contributed by atoms with Gasteiger partial charge in [0.2, 0.25) is 0 Å². The number of fused-ring (bicyclic) bond motifs is 1. The van der Waals surface area contributed by atoms with Gasteiger partial charge in [-0.25, -0.2) is 0 Å². The van der Waals surface area contributed by atoms with Crippen LogP contribution in [0.2, 0.25) is 0 Å². The number of hydrogen-bond acceptors (Lipinski definition) is 1. The van der Waals surface area contributed by atoms with Gasteiger partial charge in [-0.2, -0.15) is 0 Å². The number of nitrogens with two attached hydrogens (primary N) is 1. The van der Waals surface area contributed by atoms with Gasteiger partial charge in [0.05, 0.1) is 0 Å². The molecule has 1 atom stereocenters. The molecule has 1 unspecified atom stereocenters. The van der Waals surface area contributed by atoms with E-state index in [-0.39, 0.29) is 5.54 Å². The van der Waals surface area contributed by atoms with Gasteiger partial charge >= 0.3 is 0 Å². The summed E-state index contributed by atoms with van der Waals surface area (Å²) >= 11 is 5.76. The molecule has 2 heteroatoms. The lowest BCUT2D eigenvalue weighted by Gasteiger charge is -2.24. The highest BCUT2D eigenvalue weighted by Gasteiger charge is 2.33. The summed E-state index contributed by atoms with van der Waals surface area (Å²) in [5, 5.41) is 0. The Bertz CT molecular complexity index is 307. The van der Waals surface area contributed by atoms with E-state index in [0.717, 1.165) is 19.3 Å². The summed E-state index contributed by atoms with van der Waals surface area (Å²) < 4.78 is 0. The quantitative estimate of drug-likeness (QED) is 0.721. The molecule has 1 aliphatic rings. The molecule has 0 aromatic heterocycles. The normalized spacial score (nSPS) is 26.0. The summed E-state index contributed by atoms with van der Waals surface area (Å²) in [4.78, 5) is 0. The molecule has 0 saturated carbocycles. The molecule has 0 aliphatic heterocycles. The van der Waals surface area contributed by atoms with E-state index < -0.39 is 0 Å². The van der Waals surface area contributed by atoms with Crippen molar-refractivity contribution < 1.29 is 0 Å². The van der Waals surface area contributed by atoms with Gasteiger partial charge in [0, 0.05) is 11.4 Å². The lowest BCUT2D eigenvalue weighted by atomic mass is 9.90. The van der Waals surface area contributed by atoms with Gasteiger partial charge in [0.1, 0.15) is 0 Å². The molecule has 13 heavy (non-hydrogen) atoms. The van der Waals surface area contributed by atoms with Gasteiger partial charge in [-0.1, -0.05) is 24.3 Å². The maximum atomic E-state index is 6.30.